The Morgan fingerprint density at radius 2 is 1.93 bits per heavy atom. The number of rotatable bonds is 7. The molecule has 2 aliphatic rings. The maximum atomic E-state index is 9.99. The van der Waals surface area contributed by atoms with E-state index in [0.717, 1.165) is 12.8 Å². The Morgan fingerprint density at radius 3 is 2.56 bits per heavy atom. The summed E-state index contributed by atoms with van der Waals surface area (Å²) in [5, 5.41) is 38.8. The summed E-state index contributed by atoms with van der Waals surface area (Å²) in [5.41, 5.74) is 3.11. The van der Waals surface area contributed by atoms with Crippen LogP contribution >= 0.6 is 0 Å². The summed E-state index contributed by atoms with van der Waals surface area (Å²) < 4.78 is 10.9. The average Bonchev–Trinajstić information content (AvgIpc) is 2.60. The molecule has 0 radical (unpaired) electrons. The number of aliphatic hydroxyl groups excluding tert-OH is 4. The third-order valence-electron chi connectivity index (χ3n) is 5.84. The predicted octanol–water partition coefficient (Wildman–Crippen LogP) is 1.91. The lowest BCUT2D eigenvalue weighted by Gasteiger charge is -2.39. The van der Waals surface area contributed by atoms with Gasteiger partial charge >= 0.3 is 0 Å². The van der Waals surface area contributed by atoms with Crippen LogP contribution in [0.3, 0.4) is 0 Å². The number of hydrogen-bond donors (Lipinski definition) is 4. The van der Waals surface area contributed by atoms with Crippen LogP contribution < -0.4 is 0 Å². The molecule has 27 heavy (non-hydrogen) atoms. The van der Waals surface area contributed by atoms with Crippen LogP contribution in [-0.4, -0.2) is 64.3 Å². The van der Waals surface area contributed by atoms with E-state index < -0.39 is 37.3 Å². The van der Waals surface area contributed by atoms with Crippen LogP contribution in [0.4, 0.5) is 0 Å². The summed E-state index contributed by atoms with van der Waals surface area (Å²) in [6, 6.07) is 0. The predicted molar refractivity (Wildman–Crippen MR) is 103 cm³/mol. The lowest BCUT2D eigenvalue weighted by Crippen LogP contribution is -2.59. The van der Waals surface area contributed by atoms with E-state index in [1.54, 1.807) is 0 Å². The molecule has 1 aliphatic carbocycles. The zero-order chi connectivity index (χ0) is 20.2. The maximum absolute atomic E-state index is 9.99. The van der Waals surface area contributed by atoms with Gasteiger partial charge in [-0.05, 0) is 49.5 Å². The first kappa shape index (κ1) is 22.5. The van der Waals surface area contributed by atoms with E-state index >= 15 is 0 Å². The fraction of sp³-hybridized carbons (Fsp3) is 0.810. The van der Waals surface area contributed by atoms with E-state index in [2.05, 4.69) is 39.8 Å². The molecule has 1 unspecified atom stereocenters. The van der Waals surface area contributed by atoms with Gasteiger partial charge in [0, 0.05) is 0 Å². The van der Waals surface area contributed by atoms with Crippen LogP contribution in [0.15, 0.2) is 23.3 Å². The molecule has 1 saturated heterocycles. The minimum atomic E-state index is -1.40. The molecule has 0 spiro atoms. The molecule has 156 valence electrons. The molecule has 0 amide bonds. The molecule has 6 nitrogen and oxygen atoms in total. The van der Waals surface area contributed by atoms with E-state index in [0.29, 0.717) is 6.61 Å². The molecule has 1 fully saturated rings. The Hall–Kier alpha value is -0.760. The van der Waals surface area contributed by atoms with E-state index in [1.807, 2.05) is 0 Å². The number of ether oxygens (including phenoxy) is 2. The van der Waals surface area contributed by atoms with Crippen LogP contribution in [0.1, 0.15) is 53.4 Å². The summed E-state index contributed by atoms with van der Waals surface area (Å²) in [7, 11) is 0. The minimum absolute atomic E-state index is 0.214. The maximum Gasteiger partial charge on any atom is 0.186 e. The van der Waals surface area contributed by atoms with E-state index in [1.165, 1.54) is 24.0 Å². The van der Waals surface area contributed by atoms with Crippen molar-refractivity contribution in [1.82, 2.24) is 0 Å². The first-order chi connectivity index (χ1) is 12.7. The lowest BCUT2D eigenvalue weighted by atomic mass is 9.72. The molecule has 2 rings (SSSR count). The van der Waals surface area contributed by atoms with Gasteiger partial charge < -0.3 is 29.9 Å². The molecule has 0 aromatic rings. The van der Waals surface area contributed by atoms with E-state index in [-0.39, 0.29) is 11.3 Å². The molecule has 1 heterocycles. The van der Waals surface area contributed by atoms with Crippen LogP contribution in [0.5, 0.6) is 0 Å². The van der Waals surface area contributed by atoms with Crippen LogP contribution in [0, 0.1) is 11.3 Å². The van der Waals surface area contributed by atoms with Crippen molar-refractivity contribution in [2.24, 2.45) is 11.3 Å². The van der Waals surface area contributed by atoms with Gasteiger partial charge in [-0.2, -0.15) is 0 Å². The van der Waals surface area contributed by atoms with Crippen molar-refractivity contribution in [1.29, 1.82) is 0 Å². The SMILES string of the molecule is CC1=C(/C=C/C(C)CCO[C@H]2O[C@H](CO)[C@@H](O)[C@H](O)[C@H]2O)C(C)(C)CCC1. The Balaban J connectivity index is 1.84. The Kier molecular flexibility index (Phi) is 8.04. The van der Waals surface area contributed by atoms with Crippen molar-refractivity contribution in [2.45, 2.75) is 84.1 Å². The molecule has 1 aliphatic heterocycles. The number of aliphatic hydroxyl groups is 4. The molecule has 0 saturated carbocycles. The van der Waals surface area contributed by atoms with Gasteiger partial charge in [-0.25, -0.2) is 0 Å². The standard InChI is InChI=1S/C21H36O6/c1-13(7-8-15-14(2)6-5-10-21(15,3)4)9-11-26-20-19(25)18(24)17(23)16(12-22)27-20/h7-8,13,16-20,22-25H,5-6,9-12H2,1-4H3/b8-7+/t13?,16-,17-,18+,19-,20+/m1/s1. The van der Waals surface area contributed by atoms with Crippen LogP contribution in [0.2, 0.25) is 0 Å². The third kappa shape index (κ3) is 5.62. The Morgan fingerprint density at radius 1 is 1.22 bits per heavy atom. The summed E-state index contributed by atoms with van der Waals surface area (Å²) in [6.45, 7) is 8.81. The number of allylic oxidation sites excluding steroid dienone is 4. The highest BCUT2D eigenvalue weighted by Gasteiger charge is 2.43. The van der Waals surface area contributed by atoms with Crippen molar-refractivity contribution in [3.8, 4) is 0 Å². The summed E-state index contributed by atoms with van der Waals surface area (Å²) in [4.78, 5) is 0. The van der Waals surface area contributed by atoms with Crippen molar-refractivity contribution in [3.05, 3.63) is 23.3 Å². The largest absolute Gasteiger partial charge is 0.394 e. The average molecular weight is 385 g/mol. The summed E-state index contributed by atoms with van der Waals surface area (Å²) in [6.07, 6.45) is 2.70. The quantitative estimate of drug-likeness (QED) is 0.535. The fourth-order valence-electron chi connectivity index (χ4n) is 3.94. The third-order valence-corrected chi connectivity index (χ3v) is 5.84. The van der Waals surface area contributed by atoms with Gasteiger partial charge in [-0.3, -0.25) is 0 Å². The van der Waals surface area contributed by atoms with Gasteiger partial charge in [0.15, 0.2) is 6.29 Å². The smallest absolute Gasteiger partial charge is 0.186 e. The topological polar surface area (TPSA) is 99.4 Å². The van der Waals surface area contributed by atoms with Crippen molar-refractivity contribution in [2.75, 3.05) is 13.2 Å². The molecular weight excluding hydrogens is 348 g/mol. The normalized spacial score (nSPS) is 35.6. The second kappa shape index (κ2) is 9.63. The van der Waals surface area contributed by atoms with E-state index in [4.69, 9.17) is 9.47 Å². The monoisotopic (exact) mass is 384 g/mol. The molecule has 6 atom stereocenters. The fourth-order valence-corrected chi connectivity index (χ4v) is 3.94. The zero-order valence-corrected chi connectivity index (χ0v) is 17.0. The van der Waals surface area contributed by atoms with Gasteiger partial charge in [-0.15, -0.1) is 0 Å². The highest BCUT2D eigenvalue weighted by Crippen LogP contribution is 2.40. The van der Waals surface area contributed by atoms with Gasteiger partial charge in [0.05, 0.1) is 13.2 Å². The highest BCUT2D eigenvalue weighted by molar-refractivity contribution is 5.32. The number of hydrogen-bond acceptors (Lipinski definition) is 6. The highest BCUT2D eigenvalue weighted by atomic mass is 16.7. The van der Waals surface area contributed by atoms with Gasteiger partial charge in [0.1, 0.15) is 24.4 Å². The second-order valence-corrected chi connectivity index (χ2v) is 8.62. The van der Waals surface area contributed by atoms with Gasteiger partial charge in [0.25, 0.3) is 0 Å². The lowest BCUT2D eigenvalue weighted by molar-refractivity contribution is -0.301. The molecule has 0 aromatic heterocycles. The molecule has 4 N–H and O–H groups in total. The van der Waals surface area contributed by atoms with Crippen molar-refractivity contribution in [3.63, 3.8) is 0 Å². The van der Waals surface area contributed by atoms with Gasteiger partial charge in [-0.1, -0.05) is 38.5 Å². The van der Waals surface area contributed by atoms with Crippen molar-refractivity contribution < 1.29 is 29.9 Å². The molecular formula is C21H36O6. The van der Waals surface area contributed by atoms with Crippen LogP contribution in [-0.2, 0) is 9.47 Å². The Labute approximate surface area is 162 Å². The first-order valence-electron chi connectivity index (χ1n) is 9.98. The first-order valence-corrected chi connectivity index (χ1v) is 9.98. The van der Waals surface area contributed by atoms with Gasteiger partial charge in [0.2, 0.25) is 0 Å². The van der Waals surface area contributed by atoms with Crippen LogP contribution in [0.25, 0.3) is 0 Å². The molecule has 0 aromatic carbocycles. The summed E-state index contributed by atoms with van der Waals surface area (Å²) >= 11 is 0. The zero-order valence-electron chi connectivity index (χ0n) is 17.0. The molecule has 0 bridgehead atoms. The van der Waals surface area contributed by atoms with Crippen molar-refractivity contribution >= 4 is 0 Å². The molecule has 6 heteroatoms. The van der Waals surface area contributed by atoms with E-state index in [9.17, 15) is 20.4 Å². The summed E-state index contributed by atoms with van der Waals surface area (Å²) in [5.74, 6) is 0.285. The second-order valence-electron chi connectivity index (χ2n) is 8.62. The minimum Gasteiger partial charge on any atom is -0.394 e. The Bertz CT molecular complexity index is 539.